The molecule has 0 spiro atoms. The normalized spacial score (nSPS) is 10.5. The highest BCUT2D eigenvalue weighted by Gasteiger charge is 2.08. The number of hydrogen-bond acceptors (Lipinski definition) is 4. The van der Waals surface area contributed by atoms with E-state index in [1.165, 1.54) is 6.33 Å². The first-order valence-corrected chi connectivity index (χ1v) is 4.27. The molecular weight excluding hydrogens is 180 g/mol. The molecule has 0 unspecified atom stereocenters. The van der Waals surface area contributed by atoms with Gasteiger partial charge in [-0.15, -0.1) is 0 Å². The van der Waals surface area contributed by atoms with Crippen LogP contribution in [0, 0.1) is 0 Å². The average Bonchev–Trinajstić information content (AvgIpc) is 2.60. The van der Waals surface area contributed by atoms with Crippen LogP contribution in [0.2, 0.25) is 0 Å². The van der Waals surface area contributed by atoms with Gasteiger partial charge in [-0.2, -0.15) is 0 Å². The van der Waals surface area contributed by atoms with Crippen molar-refractivity contribution in [2.24, 2.45) is 0 Å². The van der Waals surface area contributed by atoms with Crippen LogP contribution < -0.4 is 9.75 Å². The van der Waals surface area contributed by atoms with Crippen molar-refractivity contribution >= 4 is 11.0 Å². The van der Waals surface area contributed by atoms with Crippen LogP contribution in [0.3, 0.4) is 0 Å². The lowest BCUT2D eigenvalue weighted by molar-refractivity contribution is 0.402. The summed E-state index contributed by atoms with van der Waals surface area (Å²) < 4.78 is 7.07. The summed E-state index contributed by atoms with van der Waals surface area (Å²) >= 11 is 0. The Hall–Kier alpha value is -1.78. The Morgan fingerprint density at radius 2 is 2.14 bits per heavy atom. The smallest absolute Gasteiger partial charge is 0.225 e. The van der Waals surface area contributed by atoms with Gasteiger partial charge in [0.2, 0.25) is 5.88 Å². The first kappa shape index (κ1) is 8.80. The summed E-state index contributed by atoms with van der Waals surface area (Å²) in [6, 6.07) is 1.94. The Kier molecular flexibility index (Phi) is 1.99. The van der Waals surface area contributed by atoms with Crippen LogP contribution in [0.25, 0.3) is 11.0 Å². The monoisotopic (exact) mass is 192 g/mol. The first-order valence-electron chi connectivity index (χ1n) is 4.27. The third-order valence-electron chi connectivity index (χ3n) is 2.05. The molecule has 0 aliphatic carbocycles. The quantitative estimate of drug-likeness (QED) is 0.700. The van der Waals surface area contributed by atoms with Gasteiger partial charge in [0.1, 0.15) is 6.33 Å². The summed E-state index contributed by atoms with van der Waals surface area (Å²) in [5, 5.41) is 2.86. The van der Waals surface area contributed by atoms with E-state index >= 15 is 0 Å². The van der Waals surface area contributed by atoms with Crippen molar-refractivity contribution < 1.29 is 4.74 Å². The topological polar surface area (TPSA) is 43.2 Å². The van der Waals surface area contributed by atoms with Gasteiger partial charge in [-0.25, -0.2) is 14.6 Å². The van der Waals surface area contributed by atoms with Gasteiger partial charge in [0, 0.05) is 20.3 Å². The Morgan fingerprint density at radius 1 is 1.36 bits per heavy atom. The number of rotatable bonds is 2. The Balaban J connectivity index is 2.69. The summed E-state index contributed by atoms with van der Waals surface area (Å²) in [4.78, 5) is 8.23. The van der Waals surface area contributed by atoms with Crippen LogP contribution in [0.1, 0.15) is 0 Å². The molecule has 0 aliphatic rings. The molecule has 2 aromatic heterocycles. The van der Waals surface area contributed by atoms with Crippen molar-refractivity contribution in [3.8, 4) is 5.88 Å². The second-order valence-corrected chi connectivity index (χ2v) is 3.13. The van der Waals surface area contributed by atoms with Crippen molar-refractivity contribution in [3.05, 3.63) is 18.6 Å². The maximum Gasteiger partial charge on any atom is 0.225 e. The van der Waals surface area contributed by atoms with E-state index < -0.39 is 0 Å². The van der Waals surface area contributed by atoms with Crippen LogP contribution in [0.5, 0.6) is 5.88 Å². The van der Waals surface area contributed by atoms with Gasteiger partial charge < -0.3 is 9.75 Å². The van der Waals surface area contributed by atoms with Gasteiger partial charge in [-0.3, -0.25) is 0 Å². The number of ether oxygens (including phenoxy) is 1. The molecule has 0 atom stereocenters. The molecular formula is C9H12N4O. The zero-order valence-corrected chi connectivity index (χ0v) is 8.43. The van der Waals surface area contributed by atoms with Crippen LogP contribution in [-0.4, -0.2) is 35.8 Å². The zero-order chi connectivity index (χ0) is 10.1. The molecule has 0 radical (unpaired) electrons. The summed E-state index contributed by atoms with van der Waals surface area (Å²) in [6.07, 6.45) is 3.43. The molecule has 0 fully saturated rings. The highest BCUT2D eigenvalue weighted by atomic mass is 16.5. The molecule has 0 saturated heterocycles. The van der Waals surface area contributed by atoms with E-state index in [0.29, 0.717) is 5.88 Å². The van der Waals surface area contributed by atoms with E-state index in [1.807, 2.05) is 36.0 Å². The predicted octanol–water partition coefficient (Wildman–Crippen LogP) is 0.637. The molecule has 0 saturated carbocycles. The van der Waals surface area contributed by atoms with Crippen molar-refractivity contribution in [1.29, 1.82) is 0 Å². The fraction of sp³-hybridized carbons (Fsp3) is 0.333. The van der Waals surface area contributed by atoms with Gasteiger partial charge >= 0.3 is 0 Å². The molecule has 0 amide bonds. The summed E-state index contributed by atoms with van der Waals surface area (Å²) in [6.45, 7) is 0. The van der Waals surface area contributed by atoms with Crippen molar-refractivity contribution in [2.45, 2.75) is 0 Å². The second kappa shape index (κ2) is 3.17. The molecule has 2 aromatic rings. The van der Waals surface area contributed by atoms with Crippen LogP contribution >= 0.6 is 0 Å². The standard InChI is InChI=1S/C9H12N4O/c1-12(2)13-5-4-7-8(13)10-6-11-9(7)14-3/h4-6H,1-3H3. The maximum atomic E-state index is 5.14. The van der Waals surface area contributed by atoms with Gasteiger partial charge in [0.25, 0.3) is 0 Å². The molecule has 5 heteroatoms. The van der Waals surface area contributed by atoms with Crippen LogP contribution in [0.15, 0.2) is 18.6 Å². The van der Waals surface area contributed by atoms with E-state index in [0.717, 1.165) is 11.0 Å². The van der Waals surface area contributed by atoms with Crippen molar-refractivity contribution in [2.75, 3.05) is 26.2 Å². The van der Waals surface area contributed by atoms with Crippen molar-refractivity contribution in [1.82, 2.24) is 14.6 Å². The number of aromatic nitrogens is 3. The fourth-order valence-electron chi connectivity index (χ4n) is 1.40. The molecule has 5 nitrogen and oxygen atoms in total. The number of fused-ring (bicyclic) bond motifs is 1. The van der Waals surface area contributed by atoms with Gasteiger partial charge in [-0.05, 0) is 6.07 Å². The minimum Gasteiger partial charge on any atom is -0.480 e. The predicted molar refractivity (Wildman–Crippen MR) is 54.1 cm³/mol. The van der Waals surface area contributed by atoms with Crippen LogP contribution in [-0.2, 0) is 0 Å². The fourth-order valence-corrected chi connectivity index (χ4v) is 1.40. The SMILES string of the molecule is COc1ncnc2c1ccn2N(C)C. The molecule has 0 aliphatic heterocycles. The van der Waals surface area contributed by atoms with Crippen molar-refractivity contribution in [3.63, 3.8) is 0 Å². The minimum absolute atomic E-state index is 0.607. The molecule has 2 rings (SSSR count). The Bertz CT molecular complexity index is 449. The average molecular weight is 192 g/mol. The number of hydrogen-bond donors (Lipinski definition) is 0. The zero-order valence-electron chi connectivity index (χ0n) is 8.43. The summed E-state index contributed by atoms with van der Waals surface area (Å²) in [7, 11) is 5.51. The molecule has 2 heterocycles. The first-order chi connectivity index (χ1) is 6.74. The lowest BCUT2D eigenvalue weighted by Gasteiger charge is -2.14. The van der Waals surface area contributed by atoms with Gasteiger partial charge in [-0.1, -0.05) is 0 Å². The van der Waals surface area contributed by atoms with E-state index in [-0.39, 0.29) is 0 Å². The Morgan fingerprint density at radius 3 is 2.79 bits per heavy atom. The van der Waals surface area contributed by atoms with Gasteiger partial charge in [0.05, 0.1) is 12.5 Å². The van der Waals surface area contributed by atoms with E-state index in [9.17, 15) is 0 Å². The summed E-state index contributed by atoms with van der Waals surface area (Å²) in [5.74, 6) is 0.607. The third kappa shape index (κ3) is 1.17. The molecule has 0 bridgehead atoms. The highest BCUT2D eigenvalue weighted by molar-refractivity contribution is 5.81. The number of methoxy groups -OCH3 is 1. The largest absolute Gasteiger partial charge is 0.480 e. The molecule has 0 aromatic carbocycles. The molecule has 74 valence electrons. The van der Waals surface area contributed by atoms with E-state index in [2.05, 4.69) is 9.97 Å². The van der Waals surface area contributed by atoms with Crippen LogP contribution in [0.4, 0.5) is 0 Å². The lowest BCUT2D eigenvalue weighted by Crippen LogP contribution is -2.23. The second-order valence-electron chi connectivity index (χ2n) is 3.13. The van der Waals surface area contributed by atoms with Gasteiger partial charge in [0.15, 0.2) is 5.65 Å². The third-order valence-corrected chi connectivity index (χ3v) is 2.05. The maximum absolute atomic E-state index is 5.14. The summed E-state index contributed by atoms with van der Waals surface area (Å²) in [5.41, 5.74) is 0.849. The molecule has 0 N–H and O–H groups in total. The molecule has 14 heavy (non-hydrogen) atoms. The highest BCUT2D eigenvalue weighted by Crippen LogP contribution is 2.21. The lowest BCUT2D eigenvalue weighted by atomic mass is 10.4. The van der Waals surface area contributed by atoms with E-state index in [1.54, 1.807) is 7.11 Å². The van der Waals surface area contributed by atoms with E-state index in [4.69, 9.17) is 4.74 Å². The Labute approximate surface area is 81.9 Å². The minimum atomic E-state index is 0.607. The number of nitrogens with zero attached hydrogens (tertiary/aromatic N) is 4.